The van der Waals surface area contributed by atoms with Crippen LogP contribution >= 0.6 is 11.6 Å². The van der Waals surface area contributed by atoms with E-state index in [4.69, 9.17) is 11.6 Å². The van der Waals surface area contributed by atoms with Gasteiger partial charge in [-0.25, -0.2) is 8.42 Å². The van der Waals surface area contributed by atoms with Crippen molar-refractivity contribution in [2.24, 2.45) is 0 Å². The van der Waals surface area contributed by atoms with E-state index in [2.05, 4.69) is 5.32 Å². The molecule has 0 bridgehead atoms. The Morgan fingerprint density at radius 2 is 2.10 bits per heavy atom. The summed E-state index contributed by atoms with van der Waals surface area (Å²) in [7, 11) is -3.44. The number of halogens is 1. The fourth-order valence-electron chi connectivity index (χ4n) is 2.15. The van der Waals surface area contributed by atoms with Gasteiger partial charge in [-0.15, -0.1) is 0 Å². The number of hydrogen-bond acceptors (Lipinski definition) is 3. The van der Waals surface area contributed by atoms with Gasteiger partial charge in [-0.3, -0.25) is 0 Å². The molecule has 0 unspecified atom stereocenters. The summed E-state index contributed by atoms with van der Waals surface area (Å²) in [6, 6.07) is 5.22. The number of nitrogens with one attached hydrogen (secondary N) is 1. The predicted molar refractivity (Wildman–Crippen MR) is 85.9 cm³/mol. The summed E-state index contributed by atoms with van der Waals surface area (Å²) in [5.74, 6) is 0. The van der Waals surface area contributed by atoms with Gasteiger partial charge >= 0.3 is 0 Å². The van der Waals surface area contributed by atoms with Crippen LogP contribution in [0.5, 0.6) is 0 Å². The van der Waals surface area contributed by atoms with Crippen LogP contribution in [0.3, 0.4) is 0 Å². The first kappa shape index (κ1) is 16.5. The molecule has 21 heavy (non-hydrogen) atoms. The molecule has 0 fully saturated rings. The molecule has 0 aliphatic carbocycles. The minimum absolute atomic E-state index is 0.308. The number of benzene rings is 1. The number of sulfonamides is 1. The van der Waals surface area contributed by atoms with Crippen molar-refractivity contribution in [3.05, 3.63) is 40.9 Å². The highest BCUT2D eigenvalue weighted by molar-refractivity contribution is 7.89. The summed E-state index contributed by atoms with van der Waals surface area (Å²) in [5.41, 5.74) is 0.805. The summed E-state index contributed by atoms with van der Waals surface area (Å²) in [6.07, 6.45) is 4.65. The Balaban J connectivity index is 2.26. The Kier molecular flexibility index (Phi) is 5.43. The average molecular weight is 329 g/mol. The van der Waals surface area contributed by atoms with Gasteiger partial charge in [0.15, 0.2) is 0 Å². The Morgan fingerprint density at radius 1 is 1.33 bits per heavy atom. The fourth-order valence-corrected chi connectivity index (χ4v) is 3.79. The third-order valence-corrected chi connectivity index (χ3v) is 5.61. The lowest BCUT2D eigenvalue weighted by molar-refractivity contribution is 0.437. The van der Waals surface area contributed by atoms with Crippen LogP contribution in [0.25, 0.3) is 0 Å². The highest BCUT2D eigenvalue weighted by Crippen LogP contribution is 2.24. The van der Waals surface area contributed by atoms with E-state index in [-0.39, 0.29) is 0 Å². The van der Waals surface area contributed by atoms with Crippen LogP contribution in [0.1, 0.15) is 25.8 Å². The molecular weight excluding hydrogens is 308 g/mol. The quantitative estimate of drug-likeness (QED) is 0.846. The van der Waals surface area contributed by atoms with Gasteiger partial charge in [0.05, 0.1) is 4.90 Å². The van der Waals surface area contributed by atoms with E-state index in [1.807, 2.05) is 26.0 Å². The van der Waals surface area contributed by atoms with E-state index in [9.17, 15) is 8.42 Å². The smallest absolute Gasteiger partial charge is 0.243 e. The molecule has 1 N–H and O–H groups in total. The van der Waals surface area contributed by atoms with Gasteiger partial charge in [-0.05, 0) is 30.2 Å². The molecule has 0 saturated heterocycles. The first-order valence-corrected chi connectivity index (χ1v) is 8.90. The Morgan fingerprint density at radius 3 is 2.71 bits per heavy atom. The molecule has 1 aromatic rings. The van der Waals surface area contributed by atoms with Crippen LogP contribution in [0.15, 0.2) is 35.2 Å². The molecule has 0 radical (unpaired) electrons. The molecule has 1 aliphatic rings. The number of hydrogen-bond donors (Lipinski definition) is 1. The van der Waals surface area contributed by atoms with Gasteiger partial charge in [0.2, 0.25) is 10.0 Å². The highest BCUT2D eigenvalue weighted by atomic mass is 35.5. The zero-order valence-electron chi connectivity index (χ0n) is 12.3. The maximum Gasteiger partial charge on any atom is 0.243 e. The lowest BCUT2D eigenvalue weighted by Crippen LogP contribution is -2.33. The topological polar surface area (TPSA) is 49.4 Å². The van der Waals surface area contributed by atoms with Crippen molar-refractivity contribution in [2.75, 3.05) is 13.1 Å². The van der Waals surface area contributed by atoms with Gasteiger partial charge in [-0.2, -0.15) is 4.31 Å². The van der Waals surface area contributed by atoms with Crippen molar-refractivity contribution in [1.29, 1.82) is 0 Å². The van der Waals surface area contributed by atoms with Gasteiger partial charge < -0.3 is 5.32 Å². The third kappa shape index (κ3) is 4.07. The van der Waals surface area contributed by atoms with Crippen LogP contribution in [-0.2, 0) is 16.6 Å². The molecule has 1 aromatic carbocycles. The van der Waals surface area contributed by atoms with Crippen molar-refractivity contribution in [3.8, 4) is 0 Å². The minimum atomic E-state index is -3.44. The van der Waals surface area contributed by atoms with Crippen LogP contribution < -0.4 is 5.32 Å². The Bertz CT molecular complexity index is 627. The van der Waals surface area contributed by atoms with Gasteiger partial charge in [0.25, 0.3) is 0 Å². The third-order valence-electron chi connectivity index (χ3n) is 3.38. The zero-order valence-corrected chi connectivity index (χ0v) is 13.9. The standard InChI is InChI=1S/C15H21ClN2O2S/c1-12(2)17-11-13-10-14(6-7-15(13)16)21(19,20)18-8-4-3-5-9-18/h3-4,6-7,10,12,17H,5,8-9,11H2,1-2H3. The summed E-state index contributed by atoms with van der Waals surface area (Å²) in [5, 5.41) is 3.84. The summed E-state index contributed by atoms with van der Waals surface area (Å²) < 4.78 is 26.7. The first-order valence-electron chi connectivity index (χ1n) is 7.08. The molecule has 4 nitrogen and oxygen atoms in total. The maximum absolute atomic E-state index is 12.6. The first-order chi connectivity index (χ1) is 9.91. The predicted octanol–water partition coefficient (Wildman–Crippen LogP) is 2.79. The summed E-state index contributed by atoms with van der Waals surface area (Å²) in [6.45, 7) is 5.59. The van der Waals surface area contributed by atoms with Crippen molar-refractivity contribution >= 4 is 21.6 Å². The molecule has 0 saturated carbocycles. The number of rotatable bonds is 5. The van der Waals surface area contributed by atoms with E-state index in [0.717, 1.165) is 12.0 Å². The molecule has 0 aromatic heterocycles. The van der Waals surface area contributed by atoms with E-state index in [1.54, 1.807) is 18.2 Å². The molecule has 1 aliphatic heterocycles. The highest BCUT2D eigenvalue weighted by Gasteiger charge is 2.24. The van der Waals surface area contributed by atoms with E-state index in [0.29, 0.717) is 35.6 Å². The Labute approximate surface area is 131 Å². The van der Waals surface area contributed by atoms with Gasteiger partial charge in [-0.1, -0.05) is 37.6 Å². The molecule has 0 amide bonds. The van der Waals surface area contributed by atoms with Crippen LogP contribution in [0, 0.1) is 0 Å². The normalized spacial score (nSPS) is 16.6. The molecular formula is C15H21ClN2O2S. The van der Waals surface area contributed by atoms with Crippen molar-refractivity contribution in [1.82, 2.24) is 9.62 Å². The summed E-state index contributed by atoms with van der Waals surface area (Å²) >= 11 is 6.16. The van der Waals surface area contributed by atoms with E-state index >= 15 is 0 Å². The SMILES string of the molecule is CC(C)NCc1cc(S(=O)(=O)N2CC=CCC2)ccc1Cl. The van der Waals surface area contributed by atoms with Crippen LogP contribution in [-0.4, -0.2) is 31.9 Å². The van der Waals surface area contributed by atoms with E-state index < -0.39 is 10.0 Å². The fraction of sp³-hybridized carbons (Fsp3) is 0.467. The lowest BCUT2D eigenvalue weighted by atomic mass is 10.2. The van der Waals surface area contributed by atoms with Crippen molar-refractivity contribution < 1.29 is 8.42 Å². The van der Waals surface area contributed by atoms with Crippen LogP contribution in [0.4, 0.5) is 0 Å². The minimum Gasteiger partial charge on any atom is -0.310 e. The molecule has 0 spiro atoms. The van der Waals surface area contributed by atoms with Crippen molar-refractivity contribution in [2.45, 2.75) is 37.8 Å². The lowest BCUT2D eigenvalue weighted by Gasteiger charge is -2.23. The second-order valence-corrected chi connectivity index (χ2v) is 7.76. The zero-order chi connectivity index (χ0) is 15.5. The molecule has 116 valence electrons. The number of nitrogens with zero attached hydrogens (tertiary/aromatic N) is 1. The monoisotopic (exact) mass is 328 g/mol. The molecule has 1 heterocycles. The van der Waals surface area contributed by atoms with Crippen LogP contribution in [0.2, 0.25) is 5.02 Å². The molecule has 2 rings (SSSR count). The average Bonchev–Trinajstić information content (AvgIpc) is 2.47. The van der Waals surface area contributed by atoms with Crippen molar-refractivity contribution in [3.63, 3.8) is 0 Å². The van der Waals surface area contributed by atoms with E-state index in [1.165, 1.54) is 4.31 Å². The second-order valence-electron chi connectivity index (χ2n) is 5.41. The largest absolute Gasteiger partial charge is 0.310 e. The molecule has 6 heteroatoms. The van der Waals surface area contributed by atoms with Gasteiger partial charge in [0.1, 0.15) is 0 Å². The summed E-state index contributed by atoms with van der Waals surface area (Å²) in [4.78, 5) is 0.308. The maximum atomic E-state index is 12.6. The van der Waals surface area contributed by atoms with Gasteiger partial charge in [0, 0.05) is 30.7 Å². The second kappa shape index (κ2) is 6.92. The Hall–Kier alpha value is -0.880. The molecule has 0 atom stereocenters.